The van der Waals surface area contributed by atoms with E-state index in [1.54, 1.807) is 0 Å². The topological polar surface area (TPSA) is 0 Å². The first-order valence-electron chi connectivity index (χ1n) is 4.57. The Bertz CT molecular complexity index is 178. The lowest BCUT2D eigenvalue weighted by atomic mass is 9.84. The first kappa shape index (κ1) is 11.8. The number of hydrogen-bond acceptors (Lipinski definition) is 0. The summed E-state index contributed by atoms with van der Waals surface area (Å²) < 4.78 is 0. The molecule has 0 aromatic heterocycles. The summed E-state index contributed by atoms with van der Waals surface area (Å²) in [5.41, 5.74) is 6.14. The molecule has 1 heteroatoms. The van der Waals surface area contributed by atoms with Crippen molar-refractivity contribution in [1.29, 1.82) is 0 Å². The van der Waals surface area contributed by atoms with Gasteiger partial charge >= 0.3 is 0 Å². The molecule has 0 rings (SSSR count). The van der Waals surface area contributed by atoms with Crippen molar-refractivity contribution in [2.45, 2.75) is 47.0 Å². The van der Waals surface area contributed by atoms with Gasteiger partial charge in [0.15, 0.2) is 0 Å². The molecular weight excluding hydrogens is 168 g/mol. The molecule has 70 valence electrons. The molecule has 0 radical (unpaired) electrons. The van der Waals surface area contributed by atoms with Crippen molar-refractivity contribution in [3.63, 3.8) is 0 Å². The van der Waals surface area contributed by atoms with Gasteiger partial charge in [-0.05, 0) is 23.8 Å². The van der Waals surface area contributed by atoms with Gasteiger partial charge in [0.1, 0.15) is 0 Å². The number of hydrogen-bond donors (Lipinski definition) is 0. The Balaban J connectivity index is 4.37. The Morgan fingerprint density at radius 1 is 1.42 bits per heavy atom. The molecule has 0 aliphatic carbocycles. The van der Waals surface area contributed by atoms with Gasteiger partial charge < -0.3 is 0 Å². The Hall–Kier alpha value is -0.190. The van der Waals surface area contributed by atoms with Crippen LogP contribution >= 0.6 is 11.6 Å². The van der Waals surface area contributed by atoms with Crippen LogP contribution in [-0.4, -0.2) is 0 Å². The zero-order valence-corrected chi connectivity index (χ0v) is 9.33. The van der Waals surface area contributed by atoms with Gasteiger partial charge in [-0.2, -0.15) is 0 Å². The SMILES string of the molecule is CCCCC(=C=CCl)C(C)(C)C. The number of allylic oxidation sites excluding steroid dienone is 1. The van der Waals surface area contributed by atoms with Crippen LogP contribution in [0.3, 0.4) is 0 Å². The van der Waals surface area contributed by atoms with Crippen molar-refractivity contribution in [2.24, 2.45) is 5.41 Å². The molecule has 0 bridgehead atoms. The molecule has 0 atom stereocenters. The summed E-state index contributed by atoms with van der Waals surface area (Å²) in [4.78, 5) is 0. The summed E-state index contributed by atoms with van der Waals surface area (Å²) >= 11 is 5.52. The summed E-state index contributed by atoms with van der Waals surface area (Å²) in [6.45, 7) is 8.80. The van der Waals surface area contributed by atoms with E-state index >= 15 is 0 Å². The summed E-state index contributed by atoms with van der Waals surface area (Å²) in [6.07, 6.45) is 3.57. The normalized spacial score (nSPS) is 10.8. The van der Waals surface area contributed by atoms with Gasteiger partial charge in [-0.1, -0.05) is 45.7 Å². The summed E-state index contributed by atoms with van der Waals surface area (Å²) in [5, 5.41) is 0. The van der Waals surface area contributed by atoms with E-state index in [0.717, 1.165) is 6.42 Å². The largest absolute Gasteiger partial charge is 0.109 e. The highest BCUT2D eigenvalue weighted by Gasteiger charge is 2.15. The first-order valence-corrected chi connectivity index (χ1v) is 5.00. The van der Waals surface area contributed by atoms with E-state index in [0.29, 0.717) is 0 Å². The van der Waals surface area contributed by atoms with Gasteiger partial charge in [-0.3, -0.25) is 0 Å². The van der Waals surface area contributed by atoms with E-state index in [2.05, 4.69) is 33.4 Å². The first-order chi connectivity index (χ1) is 5.52. The van der Waals surface area contributed by atoms with Gasteiger partial charge in [-0.15, -0.1) is 5.73 Å². The highest BCUT2D eigenvalue weighted by atomic mass is 35.5. The minimum absolute atomic E-state index is 0.209. The molecule has 12 heavy (non-hydrogen) atoms. The van der Waals surface area contributed by atoms with Crippen LogP contribution < -0.4 is 0 Å². The van der Waals surface area contributed by atoms with Crippen molar-refractivity contribution in [3.05, 3.63) is 16.8 Å². The third kappa shape index (κ3) is 4.64. The lowest BCUT2D eigenvalue weighted by Crippen LogP contribution is -2.08. The van der Waals surface area contributed by atoms with Crippen LogP contribution in [-0.2, 0) is 0 Å². The quantitative estimate of drug-likeness (QED) is 0.570. The van der Waals surface area contributed by atoms with Crippen molar-refractivity contribution in [1.82, 2.24) is 0 Å². The van der Waals surface area contributed by atoms with Crippen LogP contribution in [0.25, 0.3) is 0 Å². The summed E-state index contributed by atoms with van der Waals surface area (Å²) in [6, 6.07) is 0. The predicted molar refractivity (Wildman–Crippen MR) is 56.4 cm³/mol. The second-order valence-corrected chi connectivity index (χ2v) is 4.30. The van der Waals surface area contributed by atoms with Crippen LogP contribution in [0.4, 0.5) is 0 Å². The third-order valence-electron chi connectivity index (χ3n) is 1.91. The average Bonchev–Trinajstić information content (AvgIpc) is 1.95. The molecule has 0 unspecified atom stereocenters. The average molecular weight is 187 g/mol. The van der Waals surface area contributed by atoms with Gasteiger partial charge in [0.2, 0.25) is 0 Å². The highest BCUT2D eigenvalue weighted by Crippen LogP contribution is 2.28. The minimum atomic E-state index is 0.209. The lowest BCUT2D eigenvalue weighted by Gasteiger charge is -2.20. The van der Waals surface area contributed by atoms with E-state index in [9.17, 15) is 0 Å². The fourth-order valence-corrected chi connectivity index (χ4v) is 1.21. The Kier molecular flexibility index (Phi) is 5.37. The molecule has 0 N–H and O–H groups in total. The number of rotatable bonds is 3. The molecule has 0 spiro atoms. The molecule has 0 aliphatic rings. The lowest BCUT2D eigenvalue weighted by molar-refractivity contribution is 0.477. The fourth-order valence-electron chi connectivity index (χ4n) is 1.08. The molecule has 0 fully saturated rings. The van der Waals surface area contributed by atoms with Gasteiger partial charge in [-0.25, -0.2) is 0 Å². The molecule has 0 aliphatic heterocycles. The molecular formula is C11H19Cl. The van der Waals surface area contributed by atoms with Gasteiger partial charge in [0.25, 0.3) is 0 Å². The van der Waals surface area contributed by atoms with Crippen molar-refractivity contribution in [2.75, 3.05) is 0 Å². The number of unbranched alkanes of at least 4 members (excludes halogenated alkanes) is 1. The van der Waals surface area contributed by atoms with Crippen LogP contribution in [0.5, 0.6) is 0 Å². The zero-order chi connectivity index (χ0) is 9.61. The molecule has 0 nitrogen and oxygen atoms in total. The second-order valence-electron chi connectivity index (χ2n) is 4.09. The van der Waals surface area contributed by atoms with E-state index in [1.165, 1.54) is 23.9 Å². The van der Waals surface area contributed by atoms with Crippen molar-refractivity contribution >= 4 is 11.6 Å². The standard InChI is InChI=1S/C11H19Cl/c1-5-6-7-10(8-9-12)11(2,3)4/h9H,5-7H2,1-4H3. The van der Waals surface area contributed by atoms with Crippen LogP contribution in [0, 0.1) is 5.41 Å². The molecule has 0 saturated carbocycles. The Labute approximate surface area is 81.3 Å². The summed E-state index contributed by atoms with van der Waals surface area (Å²) in [5.74, 6) is 0. The Morgan fingerprint density at radius 3 is 2.33 bits per heavy atom. The van der Waals surface area contributed by atoms with Crippen molar-refractivity contribution in [3.8, 4) is 0 Å². The van der Waals surface area contributed by atoms with E-state index in [1.807, 2.05) is 0 Å². The molecule has 0 amide bonds. The zero-order valence-electron chi connectivity index (χ0n) is 8.58. The Morgan fingerprint density at radius 2 is 2.00 bits per heavy atom. The molecule has 0 saturated heterocycles. The van der Waals surface area contributed by atoms with E-state index in [-0.39, 0.29) is 5.41 Å². The van der Waals surface area contributed by atoms with E-state index in [4.69, 9.17) is 11.6 Å². The highest BCUT2D eigenvalue weighted by molar-refractivity contribution is 6.25. The second kappa shape index (κ2) is 5.45. The molecule has 0 aromatic rings. The van der Waals surface area contributed by atoms with E-state index < -0.39 is 0 Å². The van der Waals surface area contributed by atoms with Crippen LogP contribution in [0.1, 0.15) is 47.0 Å². The van der Waals surface area contributed by atoms with Crippen molar-refractivity contribution < 1.29 is 0 Å². The predicted octanol–water partition coefficient (Wildman–Crippen LogP) is 4.50. The maximum Gasteiger partial charge on any atom is 0.0462 e. The van der Waals surface area contributed by atoms with Crippen LogP contribution in [0.2, 0.25) is 0 Å². The fraction of sp³-hybridized carbons (Fsp3) is 0.727. The summed E-state index contributed by atoms with van der Waals surface area (Å²) in [7, 11) is 0. The maximum absolute atomic E-state index is 5.52. The van der Waals surface area contributed by atoms with Gasteiger partial charge in [0.05, 0.1) is 0 Å². The minimum Gasteiger partial charge on any atom is -0.109 e. The third-order valence-corrected chi connectivity index (χ3v) is 2.02. The maximum atomic E-state index is 5.52. The monoisotopic (exact) mass is 186 g/mol. The van der Waals surface area contributed by atoms with Gasteiger partial charge in [0, 0.05) is 5.54 Å². The van der Waals surface area contributed by atoms with Crippen LogP contribution in [0.15, 0.2) is 16.8 Å². The molecule has 0 aromatic carbocycles. The number of halogens is 1. The molecule has 0 heterocycles. The smallest absolute Gasteiger partial charge is 0.0462 e.